The quantitative estimate of drug-likeness (QED) is 0.425. The van der Waals surface area contributed by atoms with Crippen LogP contribution >= 0.6 is 0 Å². The number of hydrogen-bond acceptors (Lipinski definition) is 5. The molecule has 0 aliphatic heterocycles. The summed E-state index contributed by atoms with van der Waals surface area (Å²) in [4.78, 5) is 19.0. The van der Waals surface area contributed by atoms with E-state index in [-0.39, 0.29) is 10.5 Å². The first-order chi connectivity index (χ1) is 5.08. The third-order valence-corrected chi connectivity index (χ3v) is 1.52. The summed E-state index contributed by atoms with van der Waals surface area (Å²) in [5, 5.41) is 7.53. The van der Waals surface area contributed by atoms with Crippen LogP contribution in [0.2, 0.25) is 0 Å². The van der Waals surface area contributed by atoms with Crippen LogP contribution in [0.3, 0.4) is 0 Å². The molecule has 0 aromatic carbocycles. The van der Waals surface area contributed by atoms with Crippen LogP contribution in [0.15, 0.2) is 0 Å². The summed E-state index contributed by atoms with van der Waals surface area (Å²) in [5.74, 6) is 0. The van der Waals surface area contributed by atoms with E-state index >= 15 is 0 Å². The third kappa shape index (κ3) is 17.6. The van der Waals surface area contributed by atoms with Gasteiger partial charge in [0.15, 0.2) is 0 Å². The van der Waals surface area contributed by atoms with Gasteiger partial charge in [-0.1, -0.05) is 0 Å². The van der Waals surface area contributed by atoms with E-state index in [0.717, 1.165) is 0 Å². The summed E-state index contributed by atoms with van der Waals surface area (Å²) in [6.45, 7) is 0. The molecule has 9 heteroatoms. The first-order valence-electron chi connectivity index (χ1n) is 2.47. The predicted molar refractivity (Wildman–Crippen MR) is 46.5 cm³/mol. The molecule has 0 saturated heterocycles. The molecule has 0 unspecified atom stereocenters. The summed E-state index contributed by atoms with van der Waals surface area (Å²) in [5.41, 5.74) is 0. The maximum Gasteiger partial charge on any atom is 0.491 e. The van der Waals surface area contributed by atoms with Gasteiger partial charge in [0.1, 0.15) is 0 Å². The van der Waals surface area contributed by atoms with Crippen LogP contribution in [-0.4, -0.2) is 48.9 Å². The van der Waals surface area contributed by atoms with Gasteiger partial charge in [0, 0.05) is 0 Å². The highest BCUT2D eigenvalue weighted by atomic mass is 28.2. The Kier molecular flexibility index (Phi) is 10.7. The zero-order valence-electron chi connectivity index (χ0n) is 6.49. The van der Waals surface area contributed by atoms with Gasteiger partial charge in [-0.15, -0.1) is 0 Å². The fraction of sp³-hybridized carbons (Fsp3) is 0. The molecule has 66 valence electrons. The Hall–Kier alpha value is -0.809. The van der Waals surface area contributed by atoms with Gasteiger partial charge in [0.25, 0.3) is 0 Å². The van der Waals surface area contributed by atoms with Gasteiger partial charge in [-0.25, -0.2) is 9.59 Å². The highest BCUT2D eigenvalue weighted by Crippen LogP contribution is 1.70. The molecule has 6 nitrogen and oxygen atoms in total. The molecule has 11 heavy (non-hydrogen) atoms. The molecule has 0 fully saturated rings. The van der Waals surface area contributed by atoms with E-state index in [9.17, 15) is 9.59 Å². The van der Waals surface area contributed by atoms with Crippen molar-refractivity contribution in [3.8, 4) is 0 Å². The van der Waals surface area contributed by atoms with Crippen molar-refractivity contribution in [2.45, 2.75) is 0 Å². The normalized spacial score (nSPS) is 7.64. The van der Waals surface area contributed by atoms with Crippen molar-refractivity contribution in [1.82, 2.24) is 0 Å². The van der Waals surface area contributed by atoms with E-state index in [4.69, 9.17) is 5.11 Å². The van der Waals surface area contributed by atoms with Crippen molar-refractivity contribution in [2.24, 2.45) is 0 Å². The second-order valence-corrected chi connectivity index (χ2v) is 2.35. The van der Waals surface area contributed by atoms with Gasteiger partial charge < -0.3 is 18.4 Å². The highest BCUT2D eigenvalue weighted by molar-refractivity contribution is 6.09. The molecule has 0 aromatic heterocycles. The van der Waals surface area contributed by atoms with Crippen molar-refractivity contribution in [2.75, 3.05) is 0 Å². The number of carbonyl (C=O) groups is 2. The lowest BCUT2D eigenvalue weighted by molar-refractivity contribution is 0.148. The van der Waals surface area contributed by atoms with Gasteiger partial charge in [-0.2, -0.15) is 0 Å². The average Bonchev–Trinajstić information content (AvgIpc) is 2.04. The van der Waals surface area contributed by atoms with Crippen LogP contribution in [0.4, 0.5) is 9.59 Å². The van der Waals surface area contributed by atoms with Gasteiger partial charge in [0.05, 0.1) is 0 Å². The van der Waals surface area contributed by atoms with E-state index in [2.05, 4.69) is 13.3 Å². The average molecular weight is 214 g/mol. The number of carboxylic acid groups (broad SMARTS) is 1. The summed E-state index contributed by atoms with van der Waals surface area (Å²) in [6, 6.07) is 0. The molecular weight excluding hydrogens is 204 g/mol. The molecule has 0 rings (SSSR count). The summed E-state index contributed by atoms with van der Waals surface area (Å²) in [6.07, 6.45) is -1.72. The van der Waals surface area contributed by atoms with E-state index in [1.807, 2.05) is 0 Å². The lowest BCUT2D eigenvalue weighted by atomic mass is 11.5. The molecule has 1 N–H and O–H groups in total. The van der Waals surface area contributed by atoms with E-state index in [1.165, 1.54) is 0 Å². The first-order valence-corrected chi connectivity index (χ1v) is 4.92. The van der Waals surface area contributed by atoms with Crippen LogP contribution in [-0.2, 0) is 13.3 Å². The number of rotatable bonds is 0. The fourth-order valence-electron chi connectivity index (χ4n) is 0.0833. The molecular formula is C2H10O6Si3. The predicted octanol–water partition coefficient (Wildman–Crippen LogP) is -3.34. The topological polar surface area (TPSA) is 82.1 Å². The minimum atomic E-state index is -1.18. The Morgan fingerprint density at radius 2 is 1.27 bits per heavy atom. The van der Waals surface area contributed by atoms with Crippen LogP contribution in [0.5, 0.6) is 0 Å². The van der Waals surface area contributed by atoms with Gasteiger partial charge in [-0.3, -0.25) is 0 Å². The van der Waals surface area contributed by atoms with Crippen molar-refractivity contribution in [3.63, 3.8) is 0 Å². The molecule has 0 atom stereocenters. The maximum absolute atomic E-state index is 9.81. The Balaban J connectivity index is 0. The third-order valence-electron chi connectivity index (χ3n) is 0.508. The second-order valence-electron chi connectivity index (χ2n) is 1.13. The van der Waals surface area contributed by atoms with Crippen molar-refractivity contribution >= 4 is 43.8 Å². The second kappa shape index (κ2) is 9.19. The molecule has 0 heterocycles. The van der Waals surface area contributed by atoms with Crippen LogP contribution in [0.1, 0.15) is 0 Å². The zero-order valence-corrected chi connectivity index (χ0v) is 12.5. The monoisotopic (exact) mass is 214 g/mol. The molecule has 0 amide bonds. The van der Waals surface area contributed by atoms with Crippen LogP contribution in [0.25, 0.3) is 0 Å². The van der Waals surface area contributed by atoms with E-state index in [1.54, 1.807) is 0 Å². The first kappa shape index (κ1) is 12.8. The molecule has 0 bridgehead atoms. The van der Waals surface area contributed by atoms with E-state index < -0.39 is 12.3 Å². The minimum absolute atomic E-state index is 0.274. The zero-order chi connectivity index (χ0) is 9.28. The fourth-order valence-corrected chi connectivity index (χ4v) is 0.750. The van der Waals surface area contributed by atoms with Gasteiger partial charge in [0.2, 0.25) is 31.5 Å². The Bertz CT molecular complexity index is 119. The molecule has 0 aliphatic rings. The van der Waals surface area contributed by atoms with E-state index in [0.29, 0.717) is 21.0 Å². The van der Waals surface area contributed by atoms with Gasteiger partial charge in [-0.05, 0) is 0 Å². The van der Waals surface area contributed by atoms with Crippen LogP contribution < -0.4 is 0 Å². The van der Waals surface area contributed by atoms with Crippen molar-refractivity contribution in [1.29, 1.82) is 0 Å². The Morgan fingerprint density at radius 3 is 1.27 bits per heavy atom. The maximum atomic E-state index is 9.81. The number of carbonyl (C=O) groups excluding carboxylic acids is 1. The summed E-state index contributed by atoms with van der Waals surface area (Å²) in [7, 11) is 1.13. The molecule has 0 radical (unpaired) electrons. The molecule has 0 saturated carbocycles. The lowest BCUT2D eigenvalue weighted by Crippen LogP contribution is -2.00. The molecule has 0 aliphatic carbocycles. The van der Waals surface area contributed by atoms with Gasteiger partial charge >= 0.3 is 12.3 Å². The smallest absolute Gasteiger partial charge is 0.491 e. The molecule has 0 aromatic rings. The van der Waals surface area contributed by atoms with Crippen molar-refractivity contribution in [3.05, 3.63) is 0 Å². The van der Waals surface area contributed by atoms with Crippen molar-refractivity contribution < 1.29 is 28.0 Å². The minimum Gasteiger partial charge on any atom is -0.499 e. The Morgan fingerprint density at radius 1 is 1.00 bits per heavy atom. The Labute approximate surface area is 72.5 Å². The number of hydrogen-bond donors (Lipinski definition) is 1. The summed E-state index contributed by atoms with van der Waals surface area (Å²) >= 11 is 0. The standard InChI is InChI=1S/CH6O3Si2.CH4O3Si/c2-1(3-5)4-6;2-1(3)4-5/h5-6H3;5H3,(H,2,3). The summed E-state index contributed by atoms with van der Waals surface area (Å²) < 4.78 is 12.2. The molecule has 0 spiro atoms. The highest BCUT2D eigenvalue weighted by Gasteiger charge is 1.86. The lowest BCUT2D eigenvalue weighted by Gasteiger charge is -1.92. The largest absolute Gasteiger partial charge is 0.499 e. The SMILES string of the molecule is O=C(O)O[SiH3].O=C(O[SiH3])O[SiH3]. The van der Waals surface area contributed by atoms with Crippen LogP contribution in [0, 0.1) is 0 Å².